The van der Waals surface area contributed by atoms with Crippen molar-refractivity contribution in [2.24, 2.45) is 0 Å². The second-order valence-corrected chi connectivity index (χ2v) is 4.25. The molecular formula is C15H15FNO4+. The van der Waals surface area contributed by atoms with Gasteiger partial charge in [-0.25, -0.2) is 14.4 Å². The van der Waals surface area contributed by atoms with Gasteiger partial charge in [0.25, 0.3) is 0 Å². The van der Waals surface area contributed by atoms with Crippen LogP contribution in [-0.2, 0) is 16.1 Å². The number of halogens is 1. The van der Waals surface area contributed by atoms with Crippen molar-refractivity contribution in [2.75, 3.05) is 6.61 Å². The highest BCUT2D eigenvalue weighted by molar-refractivity contribution is 5.71. The summed E-state index contributed by atoms with van der Waals surface area (Å²) in [6.07, 6.45) is 0. The van der Waals surface area contributed by atoms with Gasteiger partial charge in [0.05, 0.1) is 0 Å². The summed E-state index contributed by atoms with van der Waals surface area (Å²) < 4.78 is 23.5. The number of esters is 1. The molecule has 0 bridgehead atoms. The summed E-state index contributed by atoms with van der Waals surface area (Å²) in [4.78, 5) is 11.5. The van der Waals surface area contributed by atoms with Crippen molar-refractivity contribution >= 4 is 11.7 Å². The van der Waals surface area contributed by atoms with Crippen molar-refractivity contribution < 1.29 is 29.3 Å². The van der Waals surface area contributed by atoms with Gasteiger partial charge in [-0.2, -0.15) is 5.48 Å². The molecule has 0 spiro atoms. The second-order valence-electron chi connectivity index (χ2n) is 4.25. The molecule has 0 aliphatic rings. The Morgan fingerprint density at radius 3 is 2.62 bits per heavy atom. The van der Waals surface area contributed by atoms with E-state index >= 15 is 0 Å². The molecule has 0 heterocycles. The zero-order valence-electron chi connectivity index (χ0n) is 11.2. The fourth-order valence-corrected chi connectivity index (χ4v) is 1.62. The molecule has 0 radical (unpaired) electrons. The lowest BCUT2D eigenvalue weighted by atomic mass is 10.2. The van der Waals surface area contributed by atoms with Crippen LogP contribution < -0.4 is 10.2 Å². The SMILES string of the molecule is O=C(COc1ccc([NH2+]O)c(F)c1)OCc1ccccc1. The minimum Gasteiger partial charge on any atom is -0.482 e. The van der Waals surface area contributed by atoms with E-state index in [-0.39, 0.29) is 24.7 Å². The molecule has 0 aromatic heterocycles. The number of rotatable bonds is 6. The number of nitrogens with two attached hydrogens (primary N) is 1. The Balaban J connectivity index is 1.80. The molecule has 5 nitrogen and oxygen atoms in total. The first-order chi connectivity index (χ1) is 10.2. The highest BCUT2D eigenvalue weighted by Gasteiger charge is 2.09. The molecule has 0 fully saturated rings. The smallest absolute Gasteiger partial charge is 0.344 e. The van der Waals surface area contributed by atoms with E-state index < -0.39 is 11.8 Å². The predicted octanol–water partition coefficient (Wildman–Crippen LogP) is 1.53. The Hall–Kier alpha value is -2.44. The summed E-state index contributed by atoms with van der Waals surface area (Å²) in [5.74, 6) is -0.987. The number of carbonyl (C=O) groups is 1. The van der Waals surface area contributed by atoms with Crippen molar-refractivity contribution in [3.8, 4) is 5.75 Å². The fourth-order valence-electron chi connectivity index (χ4n) is 1.62. The number of benzene rings is 2. The van der Waals surface area contributed by atoms with Crippen molar-refractivity contribution in [1.29, 1.82) is 0 Å². The van der Waals surface area contributed by atoms with E-state index in [0.717, 1.165) is 11.6 Å². The molecule has 0 unspecified atom stereocenters. The van der Waals surface area contributed by atoms with Crippen molar-refractivity contribution in [2.45, 2.75) is 6.61 Å². The Labute approximate surface area is 120 Å². The Morgan fingerprint density at radius 2 is 1.95 bits per heavy atom. The van der Waals surface area contributed by atoms with E-state index in [2.05, 4.69) is 0 Å². The van der Waals surface area contributed by atoms with Crippen LogP contribution in [0.1, 0.15) is 5.56 Å². The van der Waals surface area contributed by atoms with Gasteiger partial charge in [0.2, 0.25) is 0 Å². The number of quaternary nitrogens is 1. The van der Waals surface area contributed by atoms with Crippen LogP contribution in [0.4, 0.5) is 10.1 Å². The van der Waals surface area contributed by atoms with E-state index in [0.29, 0.717) is 5.48 Å². The van der Waals surface area contributed by atoms with Crippen LogP contribution in [0.3, 0.4) is 0 Å². The van der Waals surface area contributed by atoms with Gasteiger partial charge >= 0.3 is 5.97 Å². The van der Waals surface area contributed by atoms with Crippen LogP contribution in [0.15, 0.2) is 48.5 Å². The van der Waals surface area contributed by atoms with Crippen LogP contribution >= 0.6 is 0 Å². The second kappa shape index (κ2) is 7.37. The number of carbonyl (C=O) groups excluding carboxylic acids is 1. The Bertz CT molecular complexity index is 604. The number of hydrogen-bond acceptors (Lipinski definition) is 4. The third kappa shape index (κ3) is 4.55. The summed E-state index contributed by atoms with van der Waals surface area (Å²) in [6, 6.07) is 13.1. The molecule has 21 heavy (non-hydrogen) atoms. The molecule has 0 saturated carbocycles. The van der Waals surface area contributed by atoms with Gasteiger partial charge in [-0.05, 0) is 11.6 Å². The van der Waals surface area contributed by atoms with E-state index in [1.807, 2.05) is 30.3 Å². The summed E-state index contributed by atoms with van der Waals surface area (Å²) in [5.41, 5.74) is 1.58. The molecule has 2 rings (SSSR count). The minimum absolute atomic E-state index is 0.0500. The van der Waals surface area contributed by atoms with Gasteiger partial charge in [-0.3, -0.25) is 0 Å². The van der Waals surface area contributed by atoms with Crippen molar-refractivity contribution in [1.82, 2.24) is 0 Å². The van der Waals surface area contributed by atoms with Crippen LogP contribution in [-0.4, -0.2) is 17.8 Å². The lowest BCUT2D eigenvalue weighted by Gasteiger charge is -2.07. The normalized spacial score (nSPS) is 10.2. The highest BCUT2D eigenvalue weighted by atomic mass is 19.1. The maximum Gasteiger partial charge on any atom is 0.344 e. The van der Waals surface area contributed by atoms with E-state index in [9.17, 15) is 9.18 Å². The molecule has 110 valence electrons. The lowest BCUT2D eigenvalue weighted by Crippen LogP contribution is -2.74. The third-order valence-electron chi connectivity index (χ3n) is 2.71. The summed E-state index contributed by atoms with van der Waals surface area (Å²) in [6.45, 7) is -0.149. The predicted molar refractivity (Wildman–Crippen MR) is 71.5 cm³/mol. The Kier molecular flexibility index (Phi) is 5.25. The fraction of sp³-hybridized carbons (Fsp3) is 0.133. The molecule has 0 aliphatic carbocycles. The summed E-state index contributed by atoms with van der Waals surface area (Å²) in [5, 5.41) is 8.73. The molecular weight excluding hydrogens is 277 g/mol. The van der Waals surface area contributed by atoms with E-state index in [1.165, 1.54) is 12.1 Å². The molecule has 0 amide bonds. The van der Waals surface area contributed by atoms with Gasteiger partial charge in [0.1, 0.15) is 12.4 Å². The van der Waals surface area contributed by atoms with Crippen LogP contribution in [0, 0.1) is 5.82 Å². The van der Waals surface area contributed by atoms with Gasteiger partial charge < -0.3 is 9.47 Å². The number of hydrogen-bond donors (Lipinski definition) is 2. The zero-order chi connectivity index (χ0) is 15.1. The monoisotopic (exact) mass is 292 g/mol. The molecule has 0 atom stereocenters. The molecule has 0 aliphatic heterocycles. The van der Waals surface area contributed by atoms with Gasteiger partial charge in [-0.15, -0.1) is 0 Å². The Morgan fingerprint density at radius 1 is 1.19 bits per heavy atom. The quantitative estimate of drug-likeness (QED) is 0.481. The summed E-state index contributed by atoms with van der Waals surface area (Å²) in [7, 11) is 0. The van der Waals surface area contributed by atoms with Crippen LogP contribution in [0.25, 0.3) is 0 Å². The average Bonchev–Trinajstić information content (AvgIpc) is 2.52. The molecule has 2 aromatic rings. The van der Waals surface area contributed by atoms with Crippen LogP contribution in [0.2, 0.25) is 0 Å². The largest absolute Gasteiger partial charge is 0.482 e. The molecule has 2 aromatic carbocycles. The standard InChI is InChI=1S/C15H14FNO4/c16-13-8-12(6-7-14(13)17-19)20-10-15(18)21-9-11-4-2-1-3-5-11/h1-8,17,19H,9-10H2/p+1. The molecule has 6 heteroatoms. The minimum atomic E-state index is -0.632. The first-order valence-corrected chi connectivity index (χ1v) is 6.28. The average molecular weight is 292 g/mol. The summed E-state index contributed by atoms with van der Waals surface area (Å²) >= 11 is 0. The van der Waals surface area contributed by atoms with Gasteiger partial charge in [0.15, 0.2) is 18.1 Å². The third-order valence-corrected chi connectivity index (χ3v) is 2.71. The maximum atomic E-state index is 13.4. The molecule has 3 N–H and O–H groups in total. The maximum absolute atomic E-state index is 13.4. The van der Waals surface area contributed by atoms with Crippen LogP contribution in [0.5, 0.6) is 5.75 Å². The lowest BCUT2D eigenvalue weighted by molar-refractivity contribution is -0.826. The molecule has 0 saturated heterocycles. The number of ether oxygens (including phenoxy) is 2. The first-order valence-electron chi connectivity index (χ1n) is 6.28. The first kappa shape index (κ1) is 15.0. The zero-order valence-corrected chi connectivity index (χ0v) is 11.2. The van der Waals surface area contributed by atoms with E-state index in [4.69, 9.17) is 14.7 Å². The van der Waals surface area contributed by atoms with Gasteiger partial charge in [0, 0.05) is 12.1 Å². The van der Waals surface area contributed by atoms with Crippen molar-refractivity contribution in [3.63, 3.8) is 0 Å². The highest BCUT2D eigenvalue weighted by Crippen LogP contribution is 2.17. The van der Waals surface area contributed by atoms with Gasteiger partial charge in [-0.1, -0.05) is 30.3 Å². The van der Waals surface area contributed by atoms with Crippen molar-refractivity contribution in [3.05, 3.63) is 59.9 Å². The topological polar surface area (TPSA) is 72.4 Å². The van der Waals surface area contributed by atoms with E-state index in [1.54, 1.807) is 0 Å².